The van der Waals surface area contributed by atoms with Crippen molar-refractivity contribution in [2.24, 2.45) is 5.41 Å². The first kappa shape index (κ1) is 14.5. The molecule has 0 saturated heterocycles. The maximum Gasteiger partial charge on any atom is 0.0716 e. The Morgan fingerprint density at radius 2 is 1.79 bits per heavy atom. The van der Waals surface area contributed by atoms with Gasteiger partial charge in [0.05, 0.1) is 6.61 Å². The normalized spacial score (nSPS) is 18.4. The van der Waals surface area contributed by atoms with Crippen LogP contribution in [0, 0.1) is 5.41 Å². The number of benzene rings is 1. The van der Waals surface area contributed by atoms with Gasteiger partial charge in [0.15, 0.2) is 0 Å². The fourth-order valence-electron chi connectivity index (χ4n) is 3.10. The number of aliphatic hydroxyl groups excluding tert-OH is 1. The highest BCUT2D eigenvalue weighted by molar-refractivity contribution is 5.13. The first-order valence-electron chi connectivity index (χ1n) is 7.57. The average molecular weight is 262 g/mol. The van der Waals surface area contributed by atoms with E-state index in [0.717, 1.165) is 19.4 Å². The Morgan fingerprint density at radius 3 is 2.47 bits per heavy atom. The minimum Gasteiger partial charge on any atom is -0.396 e. The molecule has 0 unspecified atom stereocenters. The van der Waals surface area contributed by atoms with Crippen molar-refractivity contribution in [2.75, 3.05) is 13.2 Å². The van der Waals surface area contributed by atoms with Crippen molar-refractivity contribution in [3.63, 3.8) is 0 Å². The van der Waals surface area contributed by atoms with Crippen LogP contribution in [0.1, 0.15) is 50.5 Å². The SMILES string of the molecule is OCC1(CCCOCc2ccccc2)CCCCC1. The molecule has 0 spiro atoms. The van der Waals surface area contributed by atoms with Gasteiger partial charge < -0.3 is 9.84 Å². The van der Waals surface area contributed by atoms with E-state index < -0.39 is 0 Å². The van der Waals surface area contributed by atoms with Crippen LogP contribution < -0.4 is 0 Å². The van der Waals surface area contributed by atoms with Crippen LogP contribution >= 0.6 is 0 Å². The van der Waals surface area contributed by atoms with E-state index in [2.05, 4.69) is 12.1 Å². The molecule has 1 aromatic carbocycles. The van der Waals surface area contributed by atoms with Crippen molar-refractivity contribution in [1.82, 2.24) is 0 Å². The van der Waals surface area contributed by atoms with Gasteiger partial charge in [-0.05, 0) is 36.7 Å². The number of hydrogen-bond acceptors (Lipinski definition) is 2. The molecule has 1 aromatic rings. The standard InChI is InChI=1S/C17H26O2/c18-15-17(10-5-2-6-11-17)12-7-13-19-14-16-8-3-1-4-9-16/h1,3-4,8-9,18H,2,5-7,10-15H2. The van der Waals surface area contributed by atoms with E-state index in [1.807, 2.05) is 18.2 Å². The average Bonchev–Trinajstić information content (AvgIpc) is 2.49. The number of aliphatic hydroxyl groups is 1. The summed E-state index contributed by atoms with van der Waals surface area (Å²) >= 11 is 0. The first-order valence-corrected chi connectivity index (χ1v) is 7.57. The fourth-order valence-corrected chi connectivity index (χ4v) is 3.10. The lowest BCUT2D eigenvalue weighted by molar-refractivity contribution is 0.0525. The lowest BCUT2D eigenvalue weighted by Gasteiger charge is -2.35. The molecule has 2 nitrogen and oxygen atoms in total. The van der Waals surface area contributed by atoms with Gasteiger partial charge in [-0.2, -0.15) is 0 Å². The Kier molecular flexibility index (Phi) is 5.87. The lowest BCUT2D eigenvalue weighted by atomic mass is 9.72. The van der Waals surface area contributed by atoms with Gasteiger partial charge >= 0.3 is 0 Å². The molecule has 1 fully saturated rings. The summed E-state index contributed by atoms with van der Waals surface area (Å²) in [6.45, 7) is 1.86. The maximum absolute atomic E-state index is 9.64. The Balaban J connectivity index is 1.63. The van der Waals surface area contributed by atoms with Crippen molar-refractivity contribution in [1.29, 1.82) is 0 Å². The van der Waals surface area contributed by atoms with Gasteiger partial charge in [0.25, 0.3) is 0 Å². The van der Waals surface area contributed by atoms with Crippen LogP contribution in [0.5, 0.6) is 0 Å². The van der Waals surface area contributed by atoms with Crippen molar-refractivity contribution < 1.29 is 9.84 Å². The Morgan fingerprint density at radius 1 is 1.05 bits per heavy atom. The molecule has 0 aliphatic heterocycles. The van der Waals surface area contributed by atoms with E-state index in [0.29, 0.717) is 13.2 Å². The monoisotopic (exact) mass is 262 g/mol. The second kappa shape index (κ2) is 7.66. The summed E-state index contributed by atoms with van der Waals surface area (Å²) in [6, 6.07) is 10.3. The highest BCUT2D eigenvalue weighted by atomic mass is 16.5. The zero-order chi connectivity index (χ0) is 13.4. The molecule has 0 heterocycles. The van der Waals surface area contributed by atoms with Crippen LogP contribution in [0.4, 0.5) is 0 Å². The fraction of sp³-hybridized carbons (Fsp3) is 0.647. The zero-order valence-corrected chi connectivity index (χ0v) is 11.8. The van der Waals surface area contributed by atoms with E-state index in [4.69, 9.17) is 4.74 Å². The predicted molar refractivity (Wildman–Crippen MR) is 77.9 cm³/mol. The molecular formula is C17H26O2. The van der Waals surface area contributed by atoms with E-state index in [-0.39, 0.29) is 5.41 Å². The maximum atomic E-state index is 9.64. The quantitative estimate of drug-likeness (QED) is 0.755. The van der Waals surface area contributed by atoms with Crippen LogP contribution in [0.3, 0.4) is 0 Å². The van der Waals surface area contributed by atoms with Crippen LogP contribution in [0.15, 0.2) is 30.3 Å². The second-order valence-corrected chi connectivity index (χ2v) is 5.86. The van der Waals surface area contributed by atoms with Crippen molar-refractivity contribution in [3.8, 4) is 0 Å². The minimum absolute atomic E-state index is 0.203. The summed E-state index contributed by atoms with van der Waals surface area (Å²) in [7, 11) is 0. The van der Waals surface area contributed by atoms with Crippen LogP contribution in [0.2, 0.25) is 0 Å². The summed E-state index contributed by atoms with van der Waals surface area (Å²) < 4.78 is 5.72. The van der Waals surface area contributed by atoms with E-state index in [1.165, 1.54) is 37.7 Å². The Bertz CT molecular complexity index is 342. The van der Waals surface area contributed by atoms with Gasteiger partial charge in [-0.15, -0.1) is 0 Å². The van der Waals surface area contributed by atoms with Crippen LogP contribution in [-0.4, -0.2) is 18.3 Å². The molecule has 0 radical (unpaired) electrons. The minimum atomic E-state index is 0.203. The molecule has 1 aliphatic rings. The molecule has 0 atom stereocenters. The smallest absolute Gasteiger partial charge is 0.0716 e. The molecular weight excluding hydrogens is 236 g/mol. The number of ether oxygens (including phenoxy) is 1. The molecule has 1 N–H and O–H groups in total. The molecule has 0 amide bonds. The Hall–Kier alpha value is -0.860. The number of rotatable bonds is 7. The Labute approximate surface area is 116 Å². The molecule has 0 bridgehead atoms. The lowest BCUT2D eigenvalue weighted by Crippen LogP contribution is -2.28. The van der Waals surface area contributed by atoms with Crippen LogP contribution in [-0.2, 0) is 11.3 Å². The molecule has 2 rings (SSSR count). The third kappa shape index (κ3) is 4.63. The van der Waals surface area contributed by atoms with Gasteiger partial charge in [-0.3, -0.25) is 0 Å². The second-order valence-electron chi connectivity index (χ2n) is 5.86. The first-order chi connectivity index (χ1) is 9.35. The van der Waals surface area contributed by atoms with Gasteiger partial charge in [-0.25, -0.2) is 0 Å². The summed E-state index contributed by atoms with van der Waals surface area (Å²) in [5, 5.41) is 9.64. The molecule has 1 aliphatic carbocycles. The zero-order valence-electron chi connectivity index (χ0n) is 11.8. The summed E-state index contributed by atoms with van der Waals surface area (Å²) in [5.41, 5.74) is 1.44. The molecule has 19 heavy (non-hydrogen) atoms. The van der Waals surface area contributed by atoms with Crippen molar-refractivity contribution in [3.05, 3.63) is 35.9 Å². The van der Waals surface area contributed by atoms with Gasteiger partial charge in [0.1, 0.15) is 0 Å². The third-order valence-electron chi connectivity index (χ3n) is 4.36. The number of hydrogen-bond donors (Lipinski definition) is 1. The summed E-state index contributed by atoms with van der Waals surface area (Å²) in [6.07, 6.45) is 8.47. The van der Waals surface area contributed by atoms with Gasteiger partial charge in [-0.1, -0.05) is 49.6 Å². The van der Waals surface area contributed by atoms with Gasteiger partial charge in [0.2, 0.25) is 0 Å². The van der Waals surface area contributed by atoms with Gasteiger partial charge in [0, 0.05) is 13.2 Å². The summed E-state index contributed by atoms with van der Waals surface area (Å²) in [4.78, 5) is 0. The van der Waals surface area contributed by atoms with E-state index in [1.54, 1.807) is 0 Å². The van der Waals surface area contributed by atoms with Crippen molar-refractivity contribution in [2.45, 2.75) is 51.6 Å². The van der Waals surface area contributed by atoms with Crippen LogP contribution in [0.25, 0.3) is 0 Å². The highest BCUT2D eigenvalue weighted by Gasteiger charge is 2.30. The molecule has 0 aromatic heterocycles. The third-order valence-corrected chi connectivity index (χ3v) is 4.36. The summed E-state index contributed by atoms with van der Waals surface area (Å²) in [5.74, 6) is 0. The largest absolute Gasteiger partial charge is 0.396 e. The topological polar surface area (TPSA) is 29.5 Å². The molecule has 106 valence electrons. The van der Waals surface area contributed by atoms with E-state index >= 15 is 0 Å². The van der Waals surface area contributed by atoms with Crippen molar-refractivity contribution >= 4 is 0 Å². The predicted octanol–water partition coefficient (Wildman–Crippen LogP) is 3.93. The van der Waals surface area contributed by atoms with E-state index in [9.17, 15) is 5.11 Å². The molecule has 1 saturated carbocycles. The molecule has 2 heteroatoms. The highest BCUT2D eigenvalue weighted by Crippen LogP contribution is 2.39.